The summed E-state index contributed by atoms with van der Waals surface area (Å²) in [5.74, 6) is -10.7. The van der Waals surface area contributed by atoms with Crippen molar-refractivity contribution in [3.63, 3.8) is 0 Å². The first-order valence-corrected chi connectivity index (χ1v) is 5.91. The molecule has 0 aromatic heterocycles. The van der Waals surface area contributed by atoms with Gasteiger partial charge in [-0.1, -0.05) is 81.2 Å². The van der Waals surface area contributed by atoms with Gasteiger partial charge in [-0.15, -0.1) is 0 Å². The summed E-state index contributed by atoms with van der Waals surface area (Å²) in [5, 5.41) is -5.23. The molecule has 0 aliphatic heterocycles. The average Bonchev–Trinajstić information content (AvgIpc) is 1.98. The summed E-state index contributed by atoms with van der Waals surface area (Å²) in [6, 6.07) is 0. The molecule has 0 bridgehead atoms. The van der Waals surface area contributed by atoms with Crippen molar-refractivity contribution in [3.05, 3.63) is 0 Å². The third kappa shape index (κ3) is 3.06. The summed E-state index contributed by atoms with van der Waals surface area (Å²) < 4.78 is 58.5. The lowest BCUT2D eigenvalue weighted by molar-refractivity contribution is -0.201. The molecular weight excluding hydrogens is 403 g/mol. The summed E-state index contributed by atoms with van der Waals surface area (Å²) in [7, 11) is 0. The van der Waals surface area contributed by atoms with E-state index in [1.54, 1.807) is 0 Å². The van der Waals surface area contributed by atoms with Gasteiger partial charge in [0.25, 0.3) is 7.59 Å². The Morgan fingerprint density at radius 3 is 0.765 bits per heavy atom. The molecule has 0 rings (SSSR count). The standard InChI is InChI=1S/C5Cl7F5/c6-1(13,2(14,15)4(7,8)9)3(16,17)5(10,11)12. The quantitative estimate of drug-likeness (QED) is 0.398. The molecule has 0 spiro atoms. The second-order valence-electron chi connectivity index (χ2n) is 2.72. The average molecular weight is 403 g/mol. The van der Waals surface area contributed by atoms with Crippen molar-refractivity contribution < 1.29 is 22.0 Å². The van der Waals surface area contributed by atoms with Gasteiger partial charge in [0, 0.05) is 0 Å². The molecule has 0 saturated carbocycles. The maximum absolute atomic E-state index is 13.4. The van der Waals surface area contributed by atoms with Crippen molar-refractivity contribution >= 4 is 81.2 Å². The van der Waals surface area contributed by atoms with Crippen LogP contribution in [-0.4, -0.2) is 24.6 Å². The molecule has 0 aromatic rings. The Morgan fingerprint density at radius 1 is 0.471 bits per heavy atom. The van der Waals surface area contributed by atoms with E-state index in [1.165, 1.54) is 0 Å². The van der Waals surface area contributed by atoms with Gasteiger partial charge in [0.1, 0.15) is 0 Å². The fourth-order valence-corrected chi connectivity index (χ4v) is 1.91. The zero-order chi connectivity index (χ0) is 14.5. The molecular formula is C5Cl7F5. The van der Waals surface area contributed by atoms with Crippen LogP contribution in [0.15, 0.2) is 0 Å². The van der Waals surface area contributed by atoms with Gasteiger partial charge < -0.3 is 0 Å². The summed E-state index contributed by atoms with van der Waals surface area (Å²) in [4.78, 5) is 0. The first kappa shape index (κ1) is 18.7. The van der Waals surface area contributed by atoms with E-state index in [2.05, 4.69) is 81.2 Å². The van der Waals surface area contributed by atoms with Crippen molar-refractivity contribution in [2.75, 3.05) is 0 Å². The first-order valence-electron chi connectivity index (χ1n) is 3.27. The zero-order valence-corrected chi connectivity index (χ0v) is 12.3. The Morgan fingerprint density at radius 2 is 0.647 bits per heavy atom. The Bertz CT molecular complexity index is 262. The highest BCUT2D eigenvalue weighted by atomic mass is 35.6. The lowest BCUT2D eigenvalue weighted by Gasteiger charge is -2.39. The molecule has 0 aliphatic rings. The van der Waals surface area contributed by atoms with Crippen molar-refractivity contribution in [3.8, 4) is 0 Å². The predicted molar refractivity (Wildman–Crippen MR) is 60.2 cm³/mol. The van der Waals surface area contributed by atoms with Gasteiger partial charge in [-0.05, 0) is 0 Å². The lowest BCUT2D eigenvalue weighted by Crippen LogP contribution is -2.63. The zero-order valence-electron chi connectivity index (χ0n) is 7.04. The molecule has 0 saturated heterocycles. The molecule has 0 unspecified atom stereocenters. The molecule has 0 radical (unpaired) electrons. The molecule has 0 nitrogen and oxygen atoms in total. The van der Waals surface area contributed by atoms with Gasteiger partial charge in [-0.2, -0.15) is 17.6 Å². The van der Waals surface area contributed by atoms with E-state index in [4.69, 9.17) is 0 Å². The van der Waals surface area contributed by atoms with Gasteiger partial charge in [-0.25, -0.2) is 4.39 Å². The van der Waals surface area contributed by atoms with Crippen LogP contribution in [0.5, 0.6) is 0 Å². The number of halogens is 12. The van der Waals surface area contributed by atoms with Crippen molar-refractivity contribution in [2.45, 2.75) is 24.6 Å². The van der Waals surface area contributed by atoms with Crippen LogP contribution in [-0.2, 0) is 0 Å². The first-order chi connectivity index (χ1) is 7.00. The van der Waals surface area contributed by atoms with Gasteiger partial charge >= 0.3 is 17.0 Å². The predicted octanol–water partition coefficient (Wildman–Crippen LogP) is 5.90. The highest BCUT2D eigenvalue weighted by molar-refractivity contribution is 6.69. The summed E-state index contributed by atoms with van der Waals surface area (Å²) in [6.45, 7) is 0. The Balaban J connectivity index is 5.73. The molecule has 104 valence electrons. The van der Waals surface area contributed by atoms with Crippen LogP contribution in [0.4, 0.5) is 22.0 Å². The normalized spacial score (nSPS) is 16.2. The smallest absolute Gasteiger partial charge is 0.212 e. The number of rotatable bonds is 2. The van der Waals surface area contributed by atoms with Gasteiger partial charge in [-0.3, -0.25) is 0 Å². The molecule has 0 fully saturated rings. The van der Waals surface area contributed by atoms with Crippen LogP contribution in [0, 0.1) is 0 Å². The van der Waals surface area contributed by atoms with Crippen LogP contribution >= 0.6 is 81.2 Å². The molecule has 0 amide bonds. The van der Waals surface area contributed by atoms with E-state index in [0.717, 1.165) is 0 Å². The second kappa shape index (κ2) is 4.90. The molecule has 12 heteroatoms. The van der Waals surface area contributed by atoms with Crippen LogP contribution < -0.4 is 0 Å². The van der Waals surface area contributed by atoms with Crippen molar-refractivity contribution in [2.24, 2.45) is 0 Å². The Kier molecular flexibility index (Phi) is 5.39. The molecule has 0 aromatic carbocycles. The Hall–Kier alpha value is 1.68. The minimum Gasteiger partial charge on any atom is -0.212 e. The maximum atomic E-state index is 13.4. The fraction of sp³-hybridized carbons (Fsp3) is 1.00. The van der Waals surface area contributed by atoms with Gasteiger partial charge in [0.15, 0.2) is 0 Å². The Labute approximate surface area is 127 Å². The molecule has 0 N–H and O–H groups in total. The third-order valence-corrected chi connectivity index (χ3v) is 3.40. The van der Waals surface area contributed by atoms with Gasteiger partial charge in [0.05, 0.1) is 0 Å². The van der Waals surface area contributed by atoms with E-state index >= 15 is 0 Å². The van der Waals surface area contributed by atoms with Crippen molar-refractivity contribution in [1.29, 1.82) is 0 Å². The van der Waals surface area contributed by atoms with E-state index in [1.807, 2.05) is 0 Å². The SMILES string of the molecule is FC(F)(C(Cl)(Cl)Cl)C(F)(Cl)C(F)(F)C(Cl)(Cl)Cl. The molecule has 0 heterocycles. The summed E-state index contributed by atoms with van der Waals surface area (Å²) in [5.41, 5.74) is 0. The van der Waals surface area contributed by atoms with Crippen LogP contribution in [0.3, 0.4) is 0 Å². The van der Waals surface area contributed by atoms with Crippen LogP contribution in [0.1, 0.15) is 0 Å². The largest absolute Gasteiger partial charge is 0.347 e. The monoisotopic (exact) mass is 400 g/mol. The maximum Gasteiger partial charge on any atom is 0.347 e. The van der Waals surface area contributed by atoms with Gasteiger partial charge in [0.2, 0.25) is 0 Å². The summed E-state index contributed by atoms with van der Waals surface area (Å²) in [6.07, 6.45) is 0. The molecule has 17 heavy (non-hydrogen) atoms. The number of hydrogen-bond donors (Lipinski definition) is 0. The fourth-order valence-electron chi connectivity index (χ4n) is 0.553. The number of hydrogen-bond acceptors (Lipinski definition) is 0. The third-order valence-electron chi connectivity index (χ3n) is 1.50. The topological polar surface area (TPSA) is 0 Å². The highest BCUT2D eigenvalue weighted by Gasteiger charge is 2.81. The molecule has 0 atom stereocenters. The molecule has 0 aliphatic carbocycles. The highest BCUT2D eigenvalue weighted by Crippen LogP contribution is 2.62. The lowest BCUT2D eigenvalue weighted by atomic mass is 10.1. The van der Waals surface area contributed by atoms with Crippen molar-refractivity contribution in [1.82, 2.24) is 0 Å². The number of alkyl halides is 12. The summed E-state index contributed by atoms with van der Waals surface area (Å²) >= 11 is 32.4. The van der Waals surface area contributed by atoms with E-state index < -0.39 is 24.6 Å². The minimum absolute atomic E-state index is 3.77. The van der Waals surface area contributed by atoms with E-state index in [0.29, 0.717) is 0 Å². The van der Waals surface area contributed by atoms with Crippen LogP contribution in [0.25, 0.3) is 0 Å². The minimum atomic E-state index is -5.33. The van der Waals surface area contributed by atoms with E-state index in [9.17, 15) is 22.0 Å². The van der Waals surface area contributed by atoms with Crippen LogP contribution in [0.2, 0.25) is 0 Å². The van der Waals surface area contributed by atoms with E-state index in [-0.39, 0.29) is 0 Å². The second-order valence-corrected chi connectivity index (χ2v) is 7.80.